The second kappa shape index (κ2) is 9.88. The third-order valence-corrected chi connectivity index (χ3v) is 7.55. The maximum Gasteiger partial charge on any atom is 0.240 e. The van der Waals surface area contributed by atoms with Gasteiger partial charge in [-0.2, -0.15) is 0 Å². The Morgan fingerprint density at radius 2 is 1.67 bits per heavy atom. The van der Waals surface area contributed by atoms with E-state index in [0.29, 0.717) is 30.3 Å². The van der Waals surface area contributed by atoms with Crippen LogP contribution in [0.1, 0.15) is 11.1 Å². The SMILES string of the molecule is CN1C(=O)Cc2cnc(Nc3ccc(S(=O)(=O)NCCc4ccccc4)cc3)nc2-c2ccccc21. The van der Waals surface area contributed by atoms with E-state index >= 15 is 0 Å². The molecule has 1 aromatic heterocycles. The second-order valence-corrected chi connectivity index (χ2v) is 10.3. The van der Waals surface area contributed by atoms with Gasteiger partial charge in [0.25, 0.3) is 0 Å². The lowest BCUT2D eigenvalue weighted by atomic mass is 10.1. The lowest BCUT2D eigenvalue weighted by molar-refractivity contribution is -0.117. The molecule has 2 N–H and O–H groups in total. The van der Waals surface area contributed by atoms with Gasteiger partial charge in [0.05, 0.1) is 22.7 Å². The summed E-state index contributed by atoms with van der Waals surface area (Å²) in [5, 5.41) is 3.14. The molecule has 1 aliphatic heterocycles. The van der Waals surface area contributed by atoms with Crippen LogP contribution in [-0.4, -0.2) is 37.9 Å². The molecule has 0 bridgehead atoms. The first-order chi connectivity index (χ1) is 17.4. The van der Waals surface area contributed by atoms with E-state index in [1.165, 1.54) is 0 Å². The van der Waals surface area contributed by atoms with Crippen molar-refractivity contribution in [1.29, 1.82) is 0 Å². The van der Waals surface area contributed by atoms with Crippen LogP contribution in [0.25, 0.3) is 11.3 Å². The Kier molecular flexibility index (Phi) is 6.49. The normalized spacial score (nSPS) is 13.0. The van der Waals surface area contributed by atoms with Gasteiger partial charge in [0.1, 0.15) is 0 Å². The Balaban J connectivity index is 1.31. The molecule has 36 heavy (non-hydrogen) atoms. The third-order valence-electron chi connectivity index (χ3n) is 6.07. The molecule has 182 valence electrons. The van der Waals surface area contributed by atoms with Crippen molar-refractivity contribution in [1.82, 2.24) is 14.7 Å². The summed E-state index contributed by atoms with van der Waals surface area (Å²) in [5.41, 5.74) is 4.81. The summed E-state index contributed by atoms with van der Waals surface area (Å²) in [6, 6.07) is 23.8. The van der Waals surface area contributed by atoms with E-state index in [2.05, 4.69) is 20.0 Å². The van der Waals surface area contributed by atoms with Gasteiger partial charge >= 0.3 is 0 Å². The monoisotopic (exact) mass is 499 g/mol. The summed E-state index contributed by atoms with van der Waals surface area (Å²) in [7, 11) is -1.87. The lowest BCUT2D eigenvalue weighted by Crippen LogP contribution is -2.26. The molecular weight excluding hydrogens is 474 g/mol. The molecule has 0 radical (unpaired) electrons. The standard InChI is InChI=1S/C27H25N5O3S/c1-32-24-10-6-5-9-23(24)26-20(17-25(32)33)18-28-27(31-26)30-21-11-13-22(14-12-21)36(34,35)29-16-15-19-7-3-2-4-8-19/h2-14,18,29H,15-17H2,1H3,(H,28,30,31). The molecule has 1 aliphatic rings. The van der Waals surface area contributed by atoms with Gasteiger partial charge in [-0.25, -0.2) is 23.1 Å². The number of nitrogens with one attached hydrogen (secondary N) is 2. The van der Waals surface area contributed by atoms with Crippen LogP contribution in [0.2, 0.25) is 0 Å². The summed E-state index contributed by atoms with van der Waals surface area (Å²) in [6.07, 6.45) is 2.48. The molecule has 0 unspecified atom stereocenters. The number of hydrogen-bond donors (Lipinski definition) is 2. The van der Waals surface area contributed by atoms with E-state index in [4.69, 9.17) is 0 Å². The maximum absolute atomic E-state index is 12.7. The van der Waals surface area contributed by atoms with Gasteiger partial charge in [-0.3, -0.25) is 4.79 Å². The summed E-state index contributed by atoms with van der Waals surface area (Å²) >= 11 is 0. The fourth-order valence-electron chi connectivity index (χ4n) is 4.12. The van der Waals surface area contributed by atoms with Gasteiger partial charge < -0.3 is 10.2 Å². The minimum atomic E-state index is -3.63. The van der Waals surface area contributed by atoms with Crippen LogP contribution in [0, 0.1) is 0 Å². The topological polar surface area (TPSA) is 104 Å². The quantitative estimate of drug-likeness (QED) is 0.399. The number of para-hydroxylation sites is 1. The number of rotatable bonds is 7. The van der Waals surface area contributed by atoms with E-state index in [1.54, 1.807) is 42.4 Å². The summed E-state index contributed by atoms with van der Waals surface area (Å²) in [5.74, 6) is 0.330. The number of sulfonamides is 1. The molecule has 0 saturated carbocycles. The molecule has 0 fully saturated rings. The first-order valence-electron chi connectivity index (χ1n) is 11.5. The Morgan fingerprint density at radius 1 is 0.944 bits per heavy atom. The summed E-state index contributed by atoms with van der Waals surface area (Å²) in [6.45, 7) is 0.314. The van der Waals surface area contributed by atoms with Gasteiger partial charge in [0, 0.05) is 36.6 Å². The highest BCUT2D eigenvalue weighted by atomic mass is 32.2. The number of hydrogen-bond acceptors (Lipinski definition) is 6. The molecule has 9 heteroatoms. The van der Waals surface area contributed by atoms with Crippen LogP contribution in [0.5, 0.6) is 0 Å². The largest absolute Gasteiger partial charge is 0.324 e. The van der Waals surface area contributed by atoms with E-state index in [9.17, 15) is 13.2 Å². The summed E-state index contributed by atoms with van der Waals surface area (Å²) in [4.78, 5) is 23.4. The smallest absolute Gasteiger partial charge is 0.240 e. The van der Waals surface area contributed by atoms with Crippen LogP contribution in [0.4, 0.5) is 17.3 Å². The molecule has 3 aromatic carbocycles. The first kappa shape index (κ1) is 23.7. The number of carbonyl (C=O) groups is 1. The molecule has 1 amide bonds. The Labute approximate surface area is 210 Å². The van der Waals surface area contributed by atoms with Crippen molar-refractivity contribution in [3.8, 4) is 11.3 Å². The minimum absolute atomic E-state index is 0.0281. The molecular formula is C27H25N5O3S. The van der Waals surface area contributed by atoms with Crippen molar-refractivity contribution in [2.75, 3.05) is 23.8 Å². The Bertz CT molecular complexity index is 1510. The first-order valence-corrected chi connectivity index (χ1v) is 13.0. The Morgan fingerprint density at radius 3 is 2.44 bits per heavy atom. The molecule has 4 aromatic rings. The summed E-state index contributed by atoms with van der Waals surface area (Å²) < 4.78 is 28.0. The van der Waals surface area contributed by atoms with Crippen molar-refractivity contribution < 1.29 is 13.2 Å². The number of aromatic nitrogens is 2. The molecule has 0 aliphatic carbocycles. The second-order valence-electron chi connectivity index (χ2n) is 8.50. The van der Waals surface area contributed by atoms with Crippen LogP contribution < -0.4 is 14.9 Å². The van der Waals surface area contributed by atoms with E-state index in [0.717, 1.165) is 22.4 Å². The number of likely N-dealkylation sites (N-methyl/N-ethyl adjacent to an activating group) is 1. The van der Waals surface area contributed by atoms with Gasteiger partial charge in [-0.15, -0.1) is 0 Å². The average Bonchev–Trinajstić information content (AvgIpc) is 2.99. The van der Waals surface area contributed by atoms with Crippen molar-refractivity contribution in [2.45, 2.75) is 17.7 Å². The zero-order valence-corrected chi connectivity index (χ0v) is 20.5. The number of carbonyl (C=O) groups excluding carboxylic acids is 1. The molecule has 8 nitrogen and oxygen atoms in total. The van der Waals surface area contributed by atoms with Crippen LogP contribution >= 0.6 is 0 Å². The minimum Gasteiger partial charge on any atom is -0.324 e. The number of anilines is 3. The van der Waals surface area contributed by atoms with Gasteiger partial charge in [-0.05, 0) is 42.3 Å². The van der Waals surface area contributed by atoms with Crippen LogP contribution in [0.3, 0.4) is 0 Å². The van der Waals surface area contributed by atoms with Crippen molar-refractivity contribution in [3.05, 3.63) is 96.2 Å². The fourth-order valence-corrected chi connectivity index (χ4v) is 5.15. The molecule has 5 rings (SSSR count). The van der Waals surface area contributed by atoms with Crippen molar-refractivity contribution >= 4 is 33.3 Å². The Hall–Kier alpha value is -4.08. The molecule has 0 spiro atoms. The zero-order valence-electron chi connectivity index (χ0n) is 19.7. The van der Waals surface area contributed by atoms with E-state index in [1.807, 2.05) is 54.6 Å². The van der Waals surface area contributed by atoms with E-state index < -0.39 is 10.0 Å². The highest BCUT2D eigenvalue weighted by Crippen LogP contribution is 2.35. The van der Waals surface area contributed by atoms with Gasteiger partial charge in [0.2, 0.25) is 21.9 Å². The number of benzene rings is 3. The lowest BCUT2D eigenvalue weighted by Gasteiger charge is -2.16. The van der Waals surface area contributed by atoms with Crippen LogP contribution in [0.15, 0.2) is 90.0 Å². The fraction of sp³-hybridized carbons (Fsp3) is 0.148. The zero-order chi connectivity index (χ0) is 25.1. The van der Waals surface area contributed by atoms with Crippen molar-refractivity contribution in [3.63, 3.8) is 0 Å². The third kappa shape index (κ3) is 4.98. The number of fused-ring (bicyclic) bond motifs is 3. The van der Waals surface area contributed by atoms with E-state index in [-0.39, 0.29) is 17.2 Å². The molecule has 2 heterocycles. The highest BCUT2D eigenvalue weighted by Gasteiger charge is 2.24. The molecule has 0 atom stereocenters. The number of nitrogens with zero attached hydrogens (tertiary/aromatic N) is 3. The highest BCUT2D eigenvalue weighted by molar-refractivity contribution is 7.89. The maximum atomic E-state index is 12.7. The van der Waals surface area contributed by atoms with Gasteiger partial charge in [-0.1, -0.05) is 48.5 Å². The van der Waals surface area contributed by atoms with Crippen molar-refractivity contribution in [2.24, 2.45) is 0 Å². The predicted octanol–water partition coefficient (Wildman–Crippen LogP) is 3.93. The number of amides is 1. The van der Waals surface area contributed by atoms with Crippen LogP contribution in [-0.2, 0) is 27.7 Å². The van der Waals surface area contributed by atoms with Gasteiger partial charge in [0.15, 0.2) is 0 Å². The predicted molar refractivity (Wildman–Crippen MR) is 140 cm³/mol. The molecule has 0 saturated heterocycles. The average molecular weight is 500 g/mol.